The average molecular weight is 377 g/mol. The van der Waals surface area contributed by atoms with Crippen LogP contribution in [0.4, 0.5) is 13.2 Å². The molecule has 3 rings (SSSR count). The van der Waals surface area contributed by atoms with Gasteiger partial charge in [0.25, 0.3) is 0 Å². The summed E-state index contributed by atoms with van der Waals surface area (Å²) in [4.78, 5) is 5.63. The van der Waals surface area contributed by atoms with E-state index in [-0.39, 0.29) is 17.7 Å². The predicted molar refractivity (Wildman–Crippen MR) is 100 cm³/mol. The summed E-state index contributed by atoms with van der Waals surface area (Å²) in [6, 6.07) is 13.6. The standard InChI is InChI=1S/C20H18F3NOS/c1-12(2)18-17(26)10-14-8-9-15(25-20(21,22)23)11-16(14)19(24-18)13-6-4-3-5-7-13/h3-9,11-12,18H,10H2,1-2H3/t18-/m0/s1. The van der Waals surface area contributed by atoms with Crippen LogP contribution in [0.5, 0.6) is 5.75 Å². The first-order chi connectivity index (χ1) is 12.2. The van der Waals surface area contributed by atoms with Crippen molar-refractivity contribution in [3.8, 4) is 5.75 Å². The van der Waals surface area contributed by atoms with Crippen LogP contribution in [0, 0.1) is 5.92 Å². The fraction of sp³-hybridized carbons (Fsp3) is 0.300. The molecular weight excluding hydrogens is 359 g/mol. The van der Waals surface area contributed by atoms with E-state index in [4.69, 9.17) is 17.2 Å². The van der Waals surface area contributed by atoms with Crippen molar-refractivity contribution in [2.24, 2.45) is 10.9 Å². The highest BCUT2D eigenvalue weighted by Crippen LogP contribution is 2.30. The van der Waals surface area contributed by atoms with Gasteiger partial charge in [-0.05, 0) is 23.6 Å². The first-order valence-electron chi connectivity index (χ1n) is 8.29. The Kier molecular flexibility index (Phi) is 5.14. The number of nitrogens with zero attached hydrogens (tertiary/aromatic N) is 1. The van der Waals surface area contributed by atoms with Gasteiger partial charge in [0, 0.05) is 22.4 Å². The number of ether oxygens (including phenoxy) is 1. The summed E-state index contributed by atoms with van der Waals surface area (Å²) in [6.07, 6.45) is -4.24. The Balaban J connectivity index is 2.17. The van der Waals surface area contributed by atoms with E-state index in [1.807, 2.05) is 44.2 Å². The summed E-state index contributed by atoms with van der Waals surface area (Å²) in [5.41, 5.74) is 2.97. The maximum absolute atomic E-state index is 12.6. The van der Waals surface area contributed by atoms with Gasteiger partial charge in [-0.3, -0.25) is 4.99 Å². The predicted octanol–water partition coefficient (Wildman–Crippen LogP) is 5.37. The van der Waals surface area contributed by atoms with Crippen LogP contribution in [0.25, 0.3) is 0 Å². The largest absolute Gasteiger partial charge is 0.573 e. The Morgan fingerprint density at radius 3 is 2.42 bits per heavy atom. The molecule has 0 saturated heterocycles. The van der Waals surface area contributed by atoms with Crippen molar-refractivity contribution in [2.45, 2.75) is 32.7 Å². The molecule has 6 heteroatoms. The van der Waals surface area contributed by atoms with Crippen molar-refractivity contribution in [3.05, 3.63) is 65.2 Å². The van der Waals surface area contributed by atoms with E-state index in [9.17, 15) is 13.2 Å². The van der Waals surface area contributed by atoms with Gasteiger partial charge in [0.2, 0.25) is 0 Å². The molecule has 1 aliphatic heterocycles. The summed E-state index contributed by atoms with van der Waals surface area (Å²) < 4.78 is 42.0. The summed E-state index contributed by atoms with van der Waals surface area (Å²) in [5.74, 6) is -0.0600. The average Bonchev–Trinajstić information content (AvgIpc) is 2.70. The molecule has 0 fully saturated rings. The number of alkyl halides is 3. The van der Waals surface area contributed by atoms with E-state index in [0.717, 1.165) is 16.0 Å². The van der Waals surface area contributed by atoms with Crippen LogP contribution in [0.1, 0.15) is 30.5 Å². The summed E-state index contributed by atoms with van der Waals surface area (Å²) in [7, 11) is 0. The second-order valence-electron chi connectivity index (χ2n) is 6.54. The quantitative estimate of drug-likeness (QED) is 0.671. The van der Waals surface area contributed by atoms with Gasteiger partial charge in [-0.1, -0.05) is 62.5 Å². The number of hydrogen-bond donors (Lipinski definition) is 0. The van der Waals surface area contributed by atoms with Gasteiger partial charge in [0.1, 0.15) is 5.75 Å². The lowest BCUT2D eigenvalue weighted by Crippen LogP contribution is -2.24. The van der Waals surface area contributed by atoms with E-state index in [2.05, 4.69) is 4.74 Å². The first kappa shape index (κ1) is 18.6. The third-order valence-corrected chi connectivity index (χ3v) is 4.60. The highest BCUT2D eigenvalue weighted by Gasteiger charge is 2.32. The smallest absolute Gasteiger partial charge is 0.406 e. The minimum absolute atomic E-state index is 0.167. The molecule has 136 valence electrons. The minimum atomic E-state index is -4.74. The molecule has 0 aromatic heterocycles. The number of aliphatic imine (C=N–C) groups is 1. The second-order valence-corrected chi connectivity index (χ2v) is 7.07. The van der Waals surface area contributed by atoms with E-state index >= 15 is 0 Å². The first-order valence-corrected chi connectivity index (χ1v) is 8.70. The van der Waals surface area contributed by atoms with Gasteiger partial charge in [-0.25, -0.2) is 0 Å². The van der Waals surface area contributed by atoms with Crippen molar-refractivity contribution < 1.29 is 17.9 Å². The third kappa shape index (κ3) is 4.12. The third-order valence-electron chi connectivity index (χ3n) is 4.21. The maximum atomic E-state index is 12.6. The Morgan fingerprint density at radius 1 is 1.12 bits per heavy atom. The SMILES string of the molecule is CC(C)[C@@H]1N=C(c2ccccc2)c2cc(OC(F)(F)F)ccc2CC1=S. The molecular formula is C20H18F3NOS. The molecule has 1 heterocycles. The molecule has 0 radical (unpaired) electrons. The monoisotopic (exact) mass is 377 g/mol. The van der Waals surface area contributed by atoms with Crippen LogP contribution in [0.3, 0.4) is 0 Å². The van der Waals surface area contributed by atoms with Crippen molar-refractivity contribution in [2.75, 3.05) is 0 Å². The zero-order valence-corrected chi connectivity index (χ0v) is 15.2. The molecule has 0 amide bonds. The van der Waals surface area contributed by atoms with Gasteiger partial charge >= 0.3 is 6.36 Å². The molecule has 2 nitrogen and oxygen atoms in total. The van der Waals surface area contributed by atoms with Crippen LogP contribution in [-0.4, -0.2) is 23.0 Å². The minimum Gasteiger partial charge on any atom is -0.406 e. The van der Waals surface area contributed by atoms with Crippen LogP contribution >= 0.6 is 12.2 Å². The number of halogens is 3. The normalized spacial score (nSPS) is 17.5. The van der Waals surface area contributed by atoms with Gasteiger partial charge in [-0.2, -0.15) is 0 Å². The molecule has 0 unspecified atom stereocenters. The number of fused-ring (bicyclic) bond motifs is 1. The van der Waals surface area contributed by atoms with Crippen molar-refractivity contribution in [1.82, 2.24) is 0 Å². The summed E-state index contributed by atoms with van der Waals surface area (Å²) >= 11 is 5.57. The molecule has 26 heavy (non-hydrogen) atoms. The molecule has 2 aromatic rings. The fourth-order valence-corrected chi connectivity index (χ4v) is 3.53. The number of hydrogen-bond acceptors (Lipinski definition) is 3. The van der Waals surface area contributed by atoms with Gasteiger partial charge < -0.3 is 4.74 Å². The van der Waals surface area contributed by atoms with E-state index < -0.39 is 6.36 Å². The number of thiocarbonyl (C=S) groups is 1. The summed E-state index contributed by atoms with van der Waals surface area (Å²) in [6.45, 7) is 4.08. The Hall–Kier alpha value is -2.21. The Bertz CT molecular complexity index is 844. The lowest BCUT2D eigenvalue weighted by atomic mass is 9.94. The van der Waals surface area contributed by atoms with Crippen molar-refractivity contribution in [1.29, 1.82) is 0 Å². The summed E-state index contributed by atoms with van der Waals surface area (Å²) in [5, 5.41) is 0. The van der Waals surface area contributed by atoms with Gasteiger partial charge in [-0.15, -0.1) is 13.2 Å². The van der Waals surface area contributed by atoms with E-state index in [1.54, 1.807) is 6.07 Å². The zero-order valence-electron chi connectivity index (χ0n) is 14.4. The number of benzene rings is 2. The lowest BCUT2D eigenvalue weighted by Gasteiger charge is -2.16. The molecule has 1 aliphatic rings. The van der Waals surface area contributed by atoms with Gasteiger partial charge in [0.15, 0.2) is 0 Å². The maximum Gasteiger partial charge on any atom is 0.573 e. The molecule has 0 spiro atoms. The van der Waals surface area contributed by atoms with Crippen LogP contribution in [0.2, 0.25) is 0 Å². The topological polar surface area (TPSA) is 21.6 Å². The van der Waals surface area contributed by atoms with E-state index in [0.29, 0.717) is 17.7 Å². The highest BCUT2D eigenvalue weighted by atomic mass is 32.1. The van der Waals surface area contributed by atoms with Crippen LogP contribution in [-0.2, 0) is 6.42 Å². The molecule has 0 saturated carbocycles. The van der Waals surface area contributed by atoms with Crippen LogP contribution in [0.15, 0.2) is 53.5 Å². The fourth-order valence-electron chi connectivity index (χ4n) is 3.05. The molecule has 0 bridgehead atoms. The van der Waals surface area contributed by atoms with Crippen molar-refractivity contribution >= 4 is 22.8 Å². The molecule has 0 aliphatic carbocycles. The van der Waals surface area contributed by atoms with Gasteiger partial charge in [0.05, 0.1) is 11.8 Å². The second kappa shape index (κ2) is 7.19. The van der Waals surface area contributed by atoms with Crippen molar-refractivity contribution in [3.63, 3.8) is 0 Å². The van der Waals surface area contributed by atoms with Crippen LogP contribution < -0.4 is 4.74 Å². The van der Waals surface area contributed by atoms with E-state index in [1.165, 1.54) is 12.1 Å². The Morgan fingerprint density at radius 2 is 1.81 bits per heavy atom. The molecule has 0 N–H and O–H groups in total. The molecule has 2 aromatic carbocycles. The molecule has 1 atom stereocenters. The number of rotatable bonds is 3. The highest BCUT2D eigenvalue weighted by molar-refractivity contribution is 7.80. The lowest BCUT2D eigenvalue weighted by molar-refractivity contribution is -0.274. The zero-order chi connectivity index (χ0) is 18.9. The Labute approximate surface area is 155 Å².